The Balaban J connectivity index is 1.18. The molecule has 1 aliphatic heterocycles. The minimum absolute atomic E-state index is 0.777. The maximum absolute atomic E-state index is 6.09. The number of fused-ring (bicyclic) bond motifs is 1. The van der Waals surface area contributed by atoms with Crippen molar-refractivity contribution in [3.63, 3.8) is 0 Å². The molecule has 2 aromatic carbocycles. The van der Waals surface area contributed by atoms with Gasteiger partial charge in [0.05, 0.1) is 28.0 Å². The maximum atomic E-state index is 6.09. The summed E-state index contributed by atoms with van der Waals surface area (Å²) in [6.07, 6.45) is 5.52. The van der Waals surface area contributed by atoms with Crippen LogP contribution in [0.3, 0.4) is 0 Å². The van der Waals surface area contributed by atoms with Crippen molar-refractivity contribution in [2.45, 2.75) is 39.7 Å². The second-order valence-corrected chi connectivity index (χ2v) is 9.68. The van der Waals surface area contributed by atoms with Crippen LogP contribution in [0.1, 0.15) is 34.9 Å². The van der Waals surface area contributed by atoms with Gasteiger partial charge >= 0.3 is 0 Å². The summed E-state index contributed by atoms with van der Waals surface area (Å²) in [5.41, 5.74) is 4.92. The van der Waals surface area contributed by atoms with Crippen LogP contribution in [0.4, 0.5) is 0 Å². The number of piperidine rings is 1. The summed E-state index contributed by atoms with van der Waals surface area (Å²) in [7, 11) is 0. The minimum Gasteiger partial charge on any atom is -0.439 e. The molecule has 1 aliphatic rings. The zero-order valence-electron chi connectivity index (χ0n) is 17.6. The lowest BCUT2D eigenvalue weighted by Gasteiger charge is -2.31. The SMILES string of the molecule is Cc1ccc(CC2CCN(Cc3ncc(-c4ccc5nc(C)sc5c4)o3)CC2)cc1. The van der Waals surface area contributed by atoms with E-state index in [4.69, 9.17) is 4.42 Å². The number of hydrogen-bond acceptors (Lipinski definition) is 5. The first kappa shape index (κ1) is 19.5. The smallest absolute Gasteiger partial charge is 0.209 e. The second-order valence-electron chi connectivity index (χ2n) is 8.44. The van der Waals surface area contributed by atoms with Crippen molar-refractivity contribution < 1.29 is 4.42 Å². The van der Waals surface area contributed by atoms with Crippen LogP contribution in [0.5, 0.6) is 0 Å². The van der Waals surface area contributed by atoms with Crippen LogP contribution in [-0.2, 0) is 13.0 Å². The van der Waals surface area contributed by atoms with Gasteiger partial charge in [0.25, 0.3) is 0 Å². The molecule has 1 saturated heterocycles. The van der Waals surface area contributed by atoms with Gasteiger partial charge in [0, 0.05) is 5.56 Å². The first-order valence-electron chi connectivity index (χ1n) is 10.7. The predicted octanol–water partition coefficient (Wildman–Crippen LogP) is 6.02. The molecule has 154 valence electrons. The maximum Gasteiger partial charge on any atom is 0.209 e. The topological polar surface area (TPSA) is 42.2 Å². The molecule has 4 nitrogen and oxygen atoms in total. The van der Waals surface area contributed by atoms with Crippen molar-refractivity contribution in [2.24, 2.45) is 5.92 Å². The lowest BCUT2D eigenvalue weighted by Crippen LogP contribution is -2.33. The Morgan fingerprint density at radius 1 is 1.07 bits per heavy atom. The average molecular weight is 418 g/mol. The molecule has 0 amide bonds. The van der Waals surface area contributed by atoms with Crippen molar-refractivity contribution in [1.29, 1.82) is 0 Å². The zero-order valence-corrected chi connectivity index (χ0v) is 18.4. The molecule has 5 rings (SSSR count). The Hall–Kier alpha value is -2.50. The van der Waals surface area contributed by atoms with Crippen LogP contribution >= 0.6 is 11.3 Å². The third-order valence-corrected chi connectivity index (χ3v) is 6.98. The number of rotatable bonds is 5. The van der Waals surface area contributed by atoms with E-state index in [-0.39, 0.29) is 0 Å². The van der Waals surface area contributed by atoms with Crippen molar-refractivity contribution in [3.05, 3.63) is 70.7 Å². The molecule has 0 spiro atoms. The van der Waals surface area contributed by atoms with Gasteiger partial charge < -0.3 is 4.42 Å². The molecule has 0 unspecified atom stereocenters. The van der Waals surface area contributed by atoms with Gasteiger partial charge in [-0.05, 0) is 75.9 Å². The molecule has 5 heteroatoms. The molecular formula is C25H27N3OS. The predicted molar refractivity (Wildman–Crippen MR) is 123 cm³/mol. The first-order valence-corrected chi connectivity index (χ1v) is 11.5. The normalized spacial score (nSPS) is 15.8. The monoisotopic (exact) mass is 417 g/mol. The number of oxazole rings is 1. The van der Waals surface area contributed by atoms with E-state index in [1.54, 1.807) is 11.3 Å². The molecule has 0 aliphatic carbocycles. The second kappa shape index (κ2) is 8.32. The minimum atomic E-state index is 0.777. The van der Waals surface area contributed by atoms with E-state index >= 15 is 0 Å². The summed E-state index contributed by atoms with van der Waals surface area (Å²) in [4.78, 5) is 11.5. The zero-order chi connectivity index (χ0) is 20.5. The number of nitrogens with zero attached hydrogens (tertiary/aromatic N) is 3. The van der Waals surface area contributed by atoms with E-state index in [9.17, 15) is 0 Å². The van der Waals surface area contributed by atoms with Gasteiger partial charge in [0.15, 0.2) is 5.76 Å². The molecule has 1 fully saturated rings. The summed E-state index contributed by atoms with van der Waals surface area (Å²) in [5.74, 6) is 2.42. The van der Waals surface area contributed by atoms with Crippen LogP contribution in [0.2, 0.25) is 0 Å². The highest BCUT2D eigenvalue weighted by atomic mass is 32.1. The summed E-state index contributed by atoms with van der Waals surface area (Å²) < 4.78 is 7.29. The number of thiazole rings is 1. The van der Waals surface area contributed by atoms with Gasteiger partial charge in [-0.3, -0.25) is 4.90 Å². The molecule has 4 aromatic rings. The fraction of sp³-hybridized carbons (Fsp3) is 0.360. The standard InChI is InChI=1S/C25H27N3OS/c1-17-3-5-19(6-4-17)13-20-9-11-28(12-10-20)16-25-26-15-23(29-25)21-7-8-22-24(14-21)30-18(2)27-22/h3-8,14-15,20H,9-13,16H2,1-2H3. The molecule has 0 saturated carbocycles. The summed E-state index contributed by atoms with van der Waals surface area (Å²) in [5, 5.41) is 1.09. The third-order valence-electron chi connectivity index (χ3n) is 6.04. The average Bonchev–Trinajstić information content (AvgIpc) is 3.36. The van der Waals surface area contributed by atoms with Gasteiger partial charge in [0.2, 0.25) is 5.89 Å². The fourth-order valence-electron chi connectivity index (χ4n) is 4.31. The number of benzene rings is 2. The van der Waals surface area contributed by atoms with Crippen molar-refractivity contribution in [3.8, 4) is 11.3 Å². The van der Waals surface area contributed by atoms with E-state index < -0.39 is 0 Å². The van der Waals surface area contributed by atoms with Crippen molar-refractivity contribution in [1.82, 2.24) is 14.9 Å². The van der Waals surface area contributed by atoms with Gasteiger partial charge in [-0.2, -0.15) is 0 Å². The van der Waals surface area contributed by atoms with E-state index in [1.165, 1.54) is 35.1 Å². The fourth-order valence-corrected chi connectivity index (χ4v) is 5.17. The number of aryl methyl sites for hydroxylation is 2. The van der Waals surface area contributed by atoms with Gasteiger partial charge in [-0.15, -0.1) is 11.3 Å². The first-order chi connectivity index (χ1) is 14.6. The van der Waals surface area contributed by atoms with Gasteiger partial charge in [0.1, 0.15) is 0 Å². The summed E-state index contributed by atoms with van der Waals surface area (Å²) >= 11 is 1.72. The molecule has 3 heterocycles. The summed E-state index contributed by atoms with van der Waals surface area (Å²) in [6.45, 7) is 7.20. The van der Waals surface area contributed by atoms with E-state index in [0.717, 1.165) is 53.3 Å². The van der Waals surface area contributed by atoms with Crippen LogP contribution < -0.4 is 0 Å². The number of hydrogen-bond donors (Lipinski definition) is 0. The Morgan fingerprint density at radius 2 is 1.87 bits per heavy atom. The Kier molecular flexibility index (Phi) is 5.40. The highest BCUT2D eigenvalue weighted by Gasteiger charge is 2.21. The molecule has 0 atom stereocenters. The lowest BCUT2D eigenvalue weighted by atomic mass is 9.90. The molecule has 30 heavy (non-hydrogen) atoms. The van der Waals surface area contributed by atoms with Crippen LogP contribution in [0.25, 0.3) is 21.5 Å². The van der Waals surface area contributed by atoms with Crippen molar-refractivity contribution >= 4 is 21.6 Å². The van der Waals surface area contributed by atoms with E-state index in [0.29, 0.717) is 0 Å². The highest BCUT2D eigenvalue weighted by Crippen LogP contribution is 2.29. The number of aromatic nitrogens is 2. The largest absolute Gasteiger partial charge is 0.439 e. The highest BCUT2D eigenvalue weighted by molar-refractivity contribution is 7.18. The van der Waals surface area contributed by atoms with Crippen molar-refractivity contribution in [2.75, 3.05) is 13.1 Å². The molecule has 0 N–H and O–H groups in total. The Bertz CT molecular complexity index is 1140. The van der Waals surface area contributed by atoms with E-state index in [1.807, 2.05) is 13.1 Å². The van der Waals surface area contributed by atoms with E-state index in [2.05, 4.69) is 64.3 Å². The molecular weight excluding hydrogens is 390 g/mol. The molecule has 2 aromatic heterocycles. The Labute approximate surface area is 181 Å². The van der Waals surface area contributed by atoms with Gasteiger partial charge in [-0.1, -0.05) is 29.8 Å². The van der Waals surface area contributed by atoms with Crippen LogP contribution in [0.15, 0.2) is 53.1 Å². The third kappa shape index (κ3) is 4.32. The van der Waals surface area contributed by atoms with Crippen LogP contribution in [0, 0.1) is 19.8 Å². The van der Waals surface area contributed by atoms with Gasteiger partial charge in [-0.25, -0.2) is 9.97 Å². The lowest BCUT2D eigenvalue weighted by molar-refractivity contribution is 0.164. The molecule has 0 bridgehead atoms. The Morgan fingerprint density at radius 3 is 2.67 bits per heavy atom. The summed E-state index contributed by atoms with van der Waals surface area (Å²) in [6, 6.07) is 15.3. The molecule has 0 radical (unpaired) electrons. The quantitative estimate of drug-likeness (QED) is 0.398. The van der Waals surface area contributed by atoms with Crippen LogP contribution in [-0.4, -0.2) is 28.0 Å². The number of likely N-dealkylation sites (tertiary alicyclic amines) is 1.